The van der Waals surface area contributed by atoms with E-state index in [1.165, 1.54) is 64.6 Å². The van der Waals surface area contributed by atoms with Crippen LogP contribution in [-0.4, -0.2) is 29.4 Å². The predicted octanol–water partition coefficient (Wildman–Crippen LogP) is 3.82. The van der Waals surface area contributed by atoms with Crippen LogP contribution in [0, 0.1) is 0 Å². The molecule has 0 spiro atoms. The summed E-state index contributed by atoms with van der Waals surface area (Å²) in [6.07, 6.45) is 9.85. The Morgan fingerprint density at radius 3 is 2.50 bits per heavy atom. The first-order valence-corrected chi connectivity index (χ1v) is 7.11. The molecule has 1 rings (SSSR count). The Morgan fingerprint density at radius 1 is 1.14 bits per heavy atom. The van der Waals surface area contributed by atoms with E-state index in [2.05, 4.69) is 27.8 Å². The van der Waals surface area contributed by atoms with Crippen molar-refractivity contribution in [3.8, 4) is 0 Å². The maximum atomic E-state index is 3.68. The van der Waals surface area contributed by atoms with Gasteiger partial charge in [-0.1, -0.05) is 55.0 Å². The maximum Gasteiger partial charge on any atom is 0.0285 e. The number of nitrogens with zero attached hydrogens (tertiary/aromatic N) is 1. The molecule has 0 bridgehead atoms. The van der Waals surface area contributed by atoms with Gasteiger partial charge in [0.2, 0.25) is 0 Å². The molecule has 0 aromatic carbocycles. The molecule has 1 heterocycles. The molecule has 1 unspecified atom stereocenters. The first-order chi connectivity index (χ1) is 6.83. The van der Waals surface area contributed by atoms with Crippen molar-refractivity contribution in [1.29, 1.82) is 0 Å². The van der Waals surface area contributed by atoms with Crippen molar-refractivity contribution in [1.82, 2.24) is 4.90 Å². The molecule has 0 aromatic heterocycles. The highest BCUT2D eigenvalue weighted by Gasteiger charge is 2.18. The van der Waals surface area contributed by atoms with E-state index < -0.39 is 0 Å². The number of unbranched alkanes of at least 4 members (excludes halogenated alkanes) is 5. The summed E-state index contributed by atoms with van der Waals surface area (Å²) in [6.45, 7) is 6.19. The Labute approximate surface area is 97.4 Å². The third-order valence-electron chi connectivity index (χ3n) is 3.04. The van der Waals surface area contributed by atoms with Gasteiger partial charge >= 0.3 is 0 Å². The maximum absolute atomic E-state index is 3.68. The highest BCUT2D eigenvalue weighted by molar-refractivity contribution is 9.09. The van der Waals surface area contributed by atoms with Crippen molar-refractivity contribution < 1.29 is 0 Å². The van der Waals surface area contributed by atoms with Crippen molar-refractivity contribution >= 4 is 15.9 Å². The van der Waals surface area contributed by atoms with Gasteiger partial charge in [0.05, 0.1) is 0 Å². The van der Waals surface area contributed by atoms with E-state index >= 15 is 0 Å². The molecule has 1 nitrogen and oxygen atoms in total. The third-order valence-corrected chi connectivity index (χ3v) is 3.79. The number of halogens is 1. The molecule has 1 aliphatic rings. The summed E-state index contributed by atoms with van der Waals surface area (Å²) >= 11 is 3.68. The summed E-state index contributed by atoms with van der Waals surface area (Å²) in [7, 11) is 0. The molecule has 0 aliphatic carbocycles. The number of rotatable bonds is 7. The Balaban J connectivity index is 1.84. The second-order valence-electron chi connectivity index (χ2n) is 4.45. The first-order valence-electron chi connectivity index (χ1n) is 6.19. The Kier molecular flexibility index (Phi) is 6.88. The Hall–Kier alpha value is 0.440. The lowest BCUT2D eigenvalue weighted by molar-refractivity contribution is 0.329. The molecular formula is C12H24BrN. The first kappa shape index (κ1) is 12.5. The van der Waals surface area contributed by atoms with Crippen molar-refractivity contribution in [2.24, 2.45) is 0 Å². The van der Waals surface area contributed by atoms with E-state index in [0.29, 0.717) is 0 Å². The molecule has 1 saturated heterocycles. The van der Waals surface area contributed by atoms with Crippen molar-refractivity contribution in [2.45, 2.75) is 56.7 Å². The summed E-state index contributed by atoms with van der Waals surface area (Å²) < 4.78 is 0. The van der Waals surface area contributed by atoms with Gasteiger partial charge in [0.25, 0.3) is 0 Å². The molecular weight excluding hydrogens is 238 g/mol. The Bertz CT molecular complexity index is 138. The van der Waals surface area contributed by atoms with E-state index in [9.17, 15) is 0 Å². The lowest BCUT2D eigenvalue weighted by atomic mass is 10.1. The molecule has 1 aliphatic heterocycles. The number of hydrogen-bond acceptors (Lipinski definition) is 1. The summed E-state index contributed by atoms with van der Waals surface area (Å²) in [4.78, 5) is 3.36. The van der Waals surface area contributed by atoms with Gasteiger partial charge in [-0.25, -0.2) is 0 Å². The minimum absolute atomic E-state index is 0.766. The van der Waals surface area contributed by atoms with Crippen LogP contribution in [0.1, 0.15) is 51.9 Å². The van der Waals surface area contributed by atoms with Gasteiger partial charge in [-0.15, -0.1) is 0 Å². The molecule has 0 saturated carbocycles. The molecule has 0 N–H and O–H groups in total. The lowest BCUT2D eigenvalue weighted by Gasteiger charge is -2.14. The van der Waals surface area contributed by atoms with Gasteiger partial charge in [-0.3, -0.25) is 0 Å². The quantitative estimate of drug-likeness (QED) is 0.498. The van der Waals surface area contributed by atoms with Gasteiger partial charge in [0, 0.05) is 11.4 Å². The van der Waals surface area contributed by atoms with E-state index in [1.54, 1.807) is 0 Å². The van der Waals surface area contributed by atoms with Crippen LogP contribution >= 0.6 is 15.9 Å². The molecule has 84 valence electrons. The molecule has 1 atom stereocenters. The zero-order valence-electron chi connectivity index (χ0n) is 9.47. The van der Waals surface area contributed by atoms with E-state index in [-0.39, 0.29) is 0 Å². The largest absolute Gasteiger partial charge is 0.302 e. The van der Waals surface area contributed by atoms with Crippen molar-refractivity contribution in [2.75, 3.05) is 19.6 Å². The van der Waals surface area contributed by atoms with Gasteiger partial charge in [0.1, 0.15) is 0 Å². The number of hydrogen-bond donors (Lipinski definition) is 0. The van der Waals surface area contributed by atoms with Crippen LogP contribution in [0.5, 0.6) is 0 Å². The number of likely N-dealkylation sites (tertiary alicyclic amines) is 1. The summed E-state index contributed by atoms with van der Waals surface area (Å²) in [5.41, 5.74) is 0. The smallest absolute Gasteiger partial charge is 0.0285 e. The van der Waals surface area contributed by atoms with Crippen LogP contribution < -0.4 is 0 Å². The fourth-order valence-corrected chi connectivity index (χ4v) is 2.72. The van der Waals surface area contributed by atoms with Gasteiger partial charge in [0.15, 0.2) is 0 Å². The standard InChI is InChI=1S/C12H24BrN/c1-2-3-4-5-6-7-9-14-10-8-12(13)11-14/h12H,2-11H2,1H3. The van der Waals surface area contributed by atoms with Crippen molar-refractivity contribution in [3.63, 3.8) is 0 Å². The predicted molar refractivity (Wildman–Crippen MR) is 67.1 cm³/mol. The fourth-order valence-electron chi connectivity index (χ4n) is 2.10. The van der Waals surface area contributed by atoms with Crippen LogP contribution in [0.4, 0.5) is 0 Å². The van der Waals surface area contributed by atoms with Crippen LogP contribution in [0.2, 0.25) is 0 Å². The SMILES string of the molecule is CCCCCCCCN1CCC(Br)C1. The zero-order valence-corrected chi connectivity index (χ0v) is 11.1. The van der Waals surface area contributed by atoms with Gasteiger partial charge in [-0.2, -0.15) is 0 Å². The summed E-state index contributed by atoms with van der Waals surface area (Å²) in [6, 6.07) is 0. The minimum Gasteiger partial charge on any atom is -0.302 e. The van der Waals surface area contributed by atoms with Crippen LogP contribution in [0.25, 0.3) is 0 Å². The summed E-state index contributed by atoms with van der Waals surface area (Å²) in [5.74, 6) is 0. The van der Waals surface area contributed by atoms with E-state index in [1.807, 2.05) is 0 Å². The fraction of sp³-hybridized carbons (Fsp3) is 1.00. The normalized spacial score (nSPS) is 23.1. The highest BCUT2D eigenvalue weighted by Crippen LogP contribution is 2.17. The molecule has 0 aromatic rings. The molecule has 14 heavy (non-hydrogen) atoms. The molecule has 0 amide bonds. The topological polar surface area (TPSA) is 3.24 Å². The monoisotopic (exact) mass is 261 g/mol. The molecule has 2 heteroatoms. The highest BCUT2D eigenvalue weighted by atomic mass is 79.9. The third kappa shape index (κ3) is 5.35. The zero-order chi connectivity index (χ0) is 10.2. The minimum atomic E-state index is 0.766. The molecule has 0 radical (unpaired) electrons. The lowest BCUT2D eigenvalue weighted by Crippen LogP contribution is -2.21. The van der Waals surface area contributed by atoms with E-state index in [4.69, 9.17) is 0 Å². The van der Waals surface area contributed by atoms with Gasteiger partial charge in [-0.05, 0) is 25.9 Å². The Morgan fingerprint density at radius 2 is 1.86 bits per heavy atom. The average Bonchev–Trinajstić information content (AvgIpc) is 2.58. The van der Waals surface area contributed by atoms with Crippen LogP contribution in [0.3, 0.4) is 0 Å². The summed E-state index contributed by atoms with van der Waals surface area (Å²) in [5, 5.41) is 0. The second kappa shape index (κ2) is 7.70. The van der Waals surface area contributed by atoms with Gasteiger partial charge < -0.3 is 4.90 Å². The number of alkyl halides is 1. The second-order valence-corrected chi connectivity index (χ2v) is 5.75. The molecule has 1 fully saturated rings. The van der Waals surface area contributed by atoms with E-state index in [0.717, 1.165) is 4.83 Å². The van der Waals surface area contributed by atoms with Crippen LogP contribution in [0.15, 0.2) is 0 Å². The van der Waals surface area contributed by atoms with Crippen molar-refractivity contribution in [3.05, 3.63) is 0 Å². The van der Waals surface area contributed by atoms with Crippen LogP contribution in [-0.2, 0) is 0 Å². The average molecular weight is 262 g/mol.